The second kappa shape index (κ2) is 6.96. The Morgan fingerprint density at radius 2 is 1.41 bits per heavy atom. The minimum absolute atomic E-state index is 0.291. The van der Waals surface area contributed by atoms with Gasteiger partial charge in [-0.2, -0.15) is 0 Å². The number of hydrogen-bond acceptors (Lipinski definition) is 4. The highest BCUT2D eigenvalue weighted by Gasteiger charge is 2.33. The van der Waals surface area contributed by atoms with E-state index in [0.717, 1.165) is 11.1 Å². The van der Waals surface area contributed by atoms with Gasteiger partial charge in [0.15, 0.2) is 17.2 Å². The molecule has 4 rings (SSSR count). The van der Waals surface area contributed by atoms with Crippen molar-refractivity contribution in [2.45, 2.75) is 12.8 Å². The van der Waals surface area contributed by atoms with Gasteiger partial charge in [0, 0.05) is 17.3 Å². The Morgan fingerprint density at radius 3 is 1.93 bits per heavy atom. The van der Waals surface area contributed by atoms with Gasteiger partial charge in [0.05, 0.1) is 5.52 Å². The van der Waals surface area contributed by atoms with Crippen LogP contribution in [0.15, 0.2) is 72.9 Å². The van der Waals surface area contributed by atoms with Crippen LogP contribution in [0, 0.1) is 6.92 Å². The molecular weight excluding hydrogens is 338 g/mol. The third-order valence-corrected chi connectivity index (χ3v) is 4.53. The van der Waals surface area contributed by atoms with Crippen molar-refractivity contribution in [3.8, 4) is 0 Å². The number of rotatable bonds is 5. The zero-order valence-corrected chi connectivity index (χ0v) is 14.7. The van der Waals surface area contributed by atoms with E-state index in [1.807, 2.05) is 25.1 Å². The second-order valence-electron chi connectivity index (χ2n) is 6.34. The Bertz CT molecular complexity index is 1070. The average Bonchev–Trinajstić information content (AvgIpc) is 3.14. The Labute approximate surface area is 156 Å². The van der Waals surface area contributed by atoms with E-state index in [-0.39, 0.29) is 11.6 Å². The van der Waals surface area contributed by atoms with Crippen molar-refractivity contribution in [1.82, 2.24) is 15.0 Å². The maximum absolute atomic E-state index is 13.2. The van der Waals surface area contributed by atoms with Crippen LogP contribution in [-0.4, -0.2) is 26.5 Å². The number of carbonyl (C=O) groups excluding carboxylic acids is 2. The lowest BCUT2D eigenvalue weighted by atomic mass is 9.89. The van der Waals surface area contributed by atoms with Crippen molar-refractivity contribution in [3.63, 3.8) is 0 Å². The molecule has 132 valence electrons. The molecule has 0 bridgehead atoms. The summed E-state index contributed by atoms with van der Waals surface area (Å²) < 4.78 is 0. The molecule has 0 amide bonds. The van der Waals surface area contributed by atoms with Gasteiger partial charge in [-0.05, 0) is 18.6 Å². The molecule has 0 atom stereocenters. The van der Waals surface area contributed by atoms with E-state index in [1.54, 1.807) is 54.7 Å². The molecule has 27 heavy (non-hydrogen) atoms. The van der Waals surface area contributed by atoms with E-state index in [9.17, 15) is 9.59 Å². The third kappa shape index (κ3) is 3.15. The predicted molar refractivity (Wildman–Crippen MR) is 103 cm³/mol. The molecule has 0 saturated heterocycles. The zero-order chi connectivity index (χ0) is 18.8. The number of carbonyl (C=O) groups is 2. The summed E-state index contributed by atoms with van der Waals surface area (Å²) in [4.78, 5) is 38.3. The lowest BCUT2D eigenvalue weighted by molar-refractivity contribution is 0.0856. The van der Waals surface area contributed by atoms with E-state index in [0.29, 0.717) is 22.6 Å². The normalized spacial score (nSPS) is 11.0. The fourth-order valence-electron chi connectivity index (χ4n) is 3.10. The molecule has 4 aromatic rings. The highest BCUT2D eigenvalue weighted by molar-refractivity contribution is 6.19. The molecule has 0 spiro atoms. The number of Topliss-reactive ketones (excluding diaryl/α,β-unsaturated/α-hetero) is 2. The minimum Gasteiger partial charge on any atom is -0.339 e. The van der Waals surface area contributed by atoms with Gasteiger partial charge < -0.3 is 4.98 Å². The molecular formula is C22H17N3O2. The quantitative estimate of drug-likeness (QED) is 0.432. The predicted octanol–water partition coefficient (Wildman–Crippen LogP) is 4.12. The number of aromatic nitrogens is 3. The van der Waals surface area contributed by atoms with Crippen LogP contribution >= 0.6 is 0 Å². The molecule has 5 nitrogen and oxygen atoms in total. The number of nitrogens with zero attached hydrogens (tertiary/aromatic N) is 2. The smallest absolute Gasteiger partial charge is 0.181 e. The number of benzene rings is 2. The summed E-state index contributed by atoms with van der Waals surface area (Å²) in [5, 5.41) is 0. The van der Waals surface area contributed by atoms with E-state index in [4.69, 9.17) is 0 Å². The van der Waals surface area contributed by atoms with E-state index in [1.165, 1.54) is 0 Å². The Hall–Kier alpha value is -3.60. The van der Waals surface area contributed by atoms with Crippen molar-refractivity contribution in [3.05, 3.63) is 95.4 Å². The molecule has 2 heterocycles. The van der Waals surface area contributed by atoms with Crippen LogP contribution in [0.4, 0.5) is 0 Å². The Morgan fingerprint density at radius 1 is 0.852 bits per heavy atom. The topological polar surface area (TPSA) is 75.7 Å². The van der Waals surface area contributed by atoms with Crippen molar-refractivity contribution < 1.29 is 9.59 Å². The number of ketones is 2. The van der Waals surface area contributed by atoms with Crippen LogP contribution in [0.3, 0.4) is 0 Å². The second-order valence-corrected chi connectivity index (χ2v) is 6.34. The fraction of sp³-hybridized carbons (Fsp3) is 0.0909. The minimum atomic E-state index is -1.05. The van der Waals surface area contributed by atoms with Crippen LogP contribution in [0.1, 0.15) is 38.0 Å². The monoisotopic (exact) mass is 355 g/mol. The van der Waals surface area contributed by atoms with Gasteiger partial charge in [0.1, 0.15) is 11.7 Å². The zero-order valence-electron chi connectivity index (χ0n) is 14.7. The molecule has 2 aromatic carbocycles. The number of aryl methyl sites for hydroxylation is 1. The first-order valence-corrected chi connectivity index (χ1v) is 8.65. The molecule has 0 radical (unpaired) electrons. The van der Waals surface area contributed by atoms with Crippen molar-refractivity contribution in [1.29, 1.82) is 0 Å². The van der Waals surface area contributed by atoms with Gasteiger partial charge in [0.2, 0.25) is 0 Å². The molecule has 5 heteroatoms. The first-order valence-electron chi connectivity index (χ1n) is 8.65. The molecule has 1 N–H and O–H groups in total. The van der Waals surface area contributed by atoms with Crippen LogP contribution in [0.2, 0.25) is 0 Å². The number of imidazole rings is 1. The average molecular weight is 355 g/mol. The molecule has 0 aliphatic carbocycles. The van der Waals surface area contributed by atoms with Gasteiger partial charge in [-0.25, -0.2) is 9.97 Å². The summed E-state index contributed by atoms with van der Waals surface area (Å²) in [6, 6.07) is 19.5. The molecule has 0 fully saturated rings. The Balaban J connectivity index is 1.86. The van der Waals surface area contributed by atoms with Crippen LogP contribution in [-0.2, 0) is 0 Å². The van der Waals surface area contributed by atoms with Crippen LogP contribution < -0.4 is 0 Å². The van der Waals surface area contributed by atoms with E-state index in [2.05, 4.69) is 15.0 Å². The Kier molecular flexibility index (Phi) is 4.34. The van der Waals surface area contributed by atoms with Crippen molar-refractivity contribution >= 4 is 22.7 Å². The van der Waals surface area contributed by atoms with Crippen LogP contribution in [0.25, 0.3) is 11.2 Å². The maximum atomic E-state index is 13.2. The van der Waals surface area contributed by atoms with Crippen LogP contribution in [0.5, 0.6) is 0 Å². The highest BCUT2D eigenvalue weighted by atomic mass is 16.2. The number of H-pyrrole nitrogens is 1. The first-order chi connectivity index (χ1) is 13.1. The van der Waals surface area contributed by atoms with E-state index >= 15 is 0 Å². The fourth-order valence-corrected chi connectivity index (χ4v) is 3.10. The van der Waals surface area contributed by atoms with E-state index < -0.39 is 5.92 Å². The molecule has 0 aliphatic heterocycles. The van der Waals surface area contributed by atoms with Gasteiger partial charge in [-0.3, -0.25) is 9.59 Å². The summed E-state index contributed by atoms with van der Waals surface area (Å²) in [6.07, 6.45) is 1.66. The third-order valence-electron chi connectivity index (χ3n) is 4.53. The lowest BCUT2D eigenvalue weighted by Gasteiger charge is -2.13. The molecule has 2 aromatic heterocycles. The summed E-state index contributed by atoms with van der Waals surface area (Å²) in [6.45, 7) is 1.93. The molecule has 0 aliphatic rings. The number of hydrogen-bond donors (Lipinski definition) is 1. The first kappa shape index (κ1) is 16.8. The summed E-state index contributed by atoms with van der Waals surface area (Å²) in [5.74, 6) is -1.32. The molecule has 0 saturated carbocycles. The highest BCUT2D eigenvalue weighted by Crippen LogP contribution is 2.26. The molecule has 0 unspecified atom stereocenters. The van der Waals surface area contributed by atoms with Gasteiger partial charge in [0.25, 0.3) is 0 Å². The summed E-state index contributed by atoms with van der Waals surface area (Å²) >= 11 is 0. The number of nitrogens with one attached hydrogen (secondary N) is 1. The number of pyridine rings is 1. The summed E-state index contributed by atoms with van der Waals surface area (Å²) in [5.41, 5.74) is 3.13. The van der Waals surface area contributed by atoms with Crippen molar-refractivity contribution in [2.75, 3.05) is 0 Å². The largest absolute Gasteiger partial charge is 0.339 e. The maximum Gasteiger partial charge on any atom is 0.181 e. The van der Waals surface area contributed by atoms with Crippen molar-refractivity contribution in [2.24, 2.45) is 0 Å². The van der Waals surface area contributed by atoms with Gasteiger partial charge in [-0.15, -0.1) is 0 Å². The summed E-state index contributed by atoms with van der Waals surface area (Å²) in [7, 11) is 0. The van der Waals surface area contributed by atoms with Gasteiger partial charge >= 0.3 is 0 Å². The number of aromatic amines is 1. The number of fused-ring (bicyclic) bond motifs is 1. The van der Waals surface area contributed by atoms with Gasteiger partial charge in [-0.1, -0.05) is 60.7 Å². The lowest BCUT2D eigenvalue weighted by Crippen LogP contribution is -2.23. The SMILES string of the molecule is Cc1ccnc2nc(C(C(=O)c3ccccc3)C(=O)c3ccccc3)[nH]c12. The standard InChI is InChI=1S/C22H17N3O2/c1-14-12-13-23-22-18(14)24-21(25-22)17(19(26)15-8-4-2-5-9-15)20(27)16-10-6-3-7-11-16/h2-13,17H,1H3,(H,23,24,25).